The second kappa shape index (κ2) is 23.0. The Morgan fingerprint density at radius 1 is 0.778 bits per heavy atom. The number of carbonyl (C=O) groups is 8. The van der Waals surface area contributed by atoms with Crippen molar-refractivity contribution < 1.29 is 48.6 Å². The Kier molecular flexibility index (Phi) is 19.7. The number of hydrogen-bond acceptors (Lipinski definition) is 11. The standard InChI is InChI=1S/C31H55N13O10/c1-15(2)23(29(53)54)43-26(50)19(8-5-11-38-31(35)36)42-25(49)18(7-4-10-37-30(33)34)41-24(48)16(3)40-21(45)14-39-27(51)20-9-6-12-44(20)28(52)17(32)13-22(46)47/h15-20,23H,4-14,32H2,1-3H3,(H,39,51)(H,40,45)(H,41,48)(H,42,49)(H,43,50)(H,46,47)(H,53,54)(H4,33,34,37)(H4,35,36,38)/t16-,17-,18-,19-,20-,23-/m0/s1. The molecule has 0 aromatic rings. The minimum Gasteiger partial charge on any atom is -0.481 e. The van der Waals surface area contributed by atoms with Crippen molar-refractivity contribution in [2.45, 2.75) is 102 Å². The van der Waals surface area contributed by atoms with Crippen molar-refractivity contribution in [2.75, 3.05) is 26.2 Å². The monoisotopic (exact) mass is 769 g/mol. The molecule has 0 bridgehead atoms. The Hall–Kier alpha value is -5.74. The molecule has 1 fully saturated rings. The van der Waals surface area contributed by atoms with Crippen LogP contribution >= 0.6 is 0 Å². The van der Waals surface area contributed by atoms with Crippen LogP contribution < -0.4 is 55.3 Å². The average molecular weight is 770 g/mol. The van der Waals surface area contributed by atoms with Gasteiger partial charge in [-0.1, -0.05) is 13.8 Å². The van der Waals surface area contributed by atoms with E-state index in [1.165, 1.54) is 11.8 Å². The molecule has 1 aliphatic heterocycles. The van der Waals surface area contributed by atoms with Gasteiger partial charge in [-0.15, -0.1) is 0 Å². The summed E-state index contributed by atoms with van der Waals surface area (Å²) >= 11 is 0. The fourth-order valence-electron chi connectivity index (χ4n) is 5.32. The highest BCUT2D eigenvalue weighted by molar-refractivity contribution is 5.96. The molecule has 17 N–H and O–H groups in total. The minimum atomic E-state index is -1.34. The number of likely N-dealkylation sites (tertiary alicyclic amines) is 1. The van der Waals surface area contributed by atoms with Crippen LogP contribution in [0.4, 0.5) is 0 Å². The first-order valence-electron chi connectivity index (χ1n) is 17.3. The van der Waals surface area contributed by atoms with Crippen LogP contribution in [0.1, 0.15) is 65.7 Å². The van der Waals surface area contributed by atoms with Gasteiger partial charge in [0.1, 0.15) is 30.2 Å². The Morgan fingerprint density at radius 2 is 1.30 bits per heavy atom. The SMILES string of the molecule is CC(C)[C@H](NC(=O)[C@H](CCCN=C(N)N)NC(=O)[C@H](CCCN=C(N)N)NC(=O)[C@H](C)NC(=O)CNC(=O)[C@@H]1CCCN1C(=O)[C@@H](N)CC(=O)O)C(=O)O. The summed E-state index contributed by atoms with van der Waals surface area (Å²) in [5.74, 6) is -8.02. The molecule has 0 aromatic carbocycles. The van der Waals surface area contributed by atoms with Crippen LogP contribution in [0, 0.1) is 5.92 Å². The predicted molar refractivity (Wildman–Crippen MR) is 194 cm³/mol. The summed E-state index contributed by atoms with van der Waals surface area (Å²) in [6.45, 7) is 4.29. The largest absolute Gasteiger partial charge is 0.481 e. The molecular weight excluding hydrogens is 714 g/mol. The summed E-state index contributed by atoms with van der Waals surface area (Å²) in [5.41, 5.74) is 27.2. The Morgan fingerprint density at radius 3 is 1.78 bits per heavy atom. The zero-order valence-electron chi connectivity index (χ0n) is 30.7. The van der Waals surface area contributed by atoms with Crippen molar-refractivity contribution in [3.05, 3.63) is 0 Å². The van der Waals surface area contributed by atoms with E-state index >= 15 is 0 Å². The molecule has 1 rings (SSSR count). The molecule has 304 valence electrons. The first kappa shape index (κ1) is 46.3. The number of hydrogen-bond donors (Lipinski definition) is 12. The number of rotatable bonds is 23. The summed E-state index contributed by atoms with van der Waals surface area (Å²) in [5, 5.41) is 30.8. The van der Waals surface area contributed by atoms with Gasteiger partial charge in [0, 0.05) is 19.6 Å². The average Bonchev–Trinajstić information content (AvgIpc) is 3.57. The van der Waals surface area contributed by atoms with Crippen LogP contribution in [-0.2, 0) is 38.4 Å². The molecule has 0 aliphatic carbocycles. The van der Waals surface area contributed by atoms with Crippen LogP contribution in [0.25, 0.3) is 0 Å². The molecule has 1 aliphatic rings. The van der Waals surface area contributed by atoms with E-state index in [1.807, 2.05) is 0 Å². The third-order valence-electron chi connectivity index (χ3n) is 8.13. The molecule has 0 unspecified atom stereocenters. The van der Waals surface area contributed by atoms with Crippen molar-refractivity contribution >= 4 is 59.3 Å². The Labute approximate surface area is 312 Å². The fourth-order valence-corrected chi connectivity index (χ4v) is 5.32. The minimum absolute atomic E-state index is 0.00640. The molecule has 1 saturated heterocycles. The second-order valence-corrected chi connectivity index (χ2v) is 13.0. The van der Waals surface area contributed by atoms with Gasteiger partial charge in [-0.2, -0.15) is 0 Å². The molecule has 0 spiro atoms. The van der Waals surface area contributed by atoms with Gasteiger partial charge in [0.25, 0.3) is 0 Å². The molecule has 0 radical (unpaired) electrons. The zero-order valence-corrected chi connectivity index (χ0v) is 30.7. The van der Waals surface area contributed by atoms with Crippen molar-refractivity contribution in [2.24, 2.45) is 44.6 Å². The van der Waals surface area contributed by atoms with E-state index < -0.39 is 103 Å². The van der Waals surface area contributed by atoms with Crippen molar-refractivity contribution in [1.82, 2.24) is 31.5 Å². The number of nitrogens with two attached hydrogens (primary N) is 5. The smallest absolute Gasteiger partial charge is 0.326 e. The van der Waals surface area contributed by atoms with Crippen LogP contribution in [0.3, 0.4) is 0 Å². The predicted octanol–water partition coefficient (Wildman–Crippen LogP) is -5.30. The van der Waals surface area contributed by atoms with Crippen molar-refractivity contribution in [3.63, 3.8) is 0 Å². The lowest BCUT2D eigenvalue weighted by molar-refractivity contribution is -0.144. The van der Waals surface area contributed by atoms with Crippen LogP contribution in [-0.4, -0.2) is 137 Å². The van der Waals surface area contributed by atoms with Crippen LogP contribution in [0.15, 0.2) is 9.98 Å². The molecule has 0 aromatic heterocycles. The number of guanidine groups is 2. The first-order valence-corrected chi connectivity index (χ1v) is 17.3. The lowest BCUT2D eigenvalue weighted by atomic mass is 10.0. The molecular formula is C31H55N13O10. The summed E-state index contributed by atoms with van der Waals surface area (Å²) in [7, 11) is 0. The Bertz CT molecular complexity index is 1420. The van der Waals surface area contributed by atoms with Gasteiger partial charge < -0.3 is 70.4 Å². The topological polar surface area (TPSA) is 395 Å². The van der Waals surface area contributed by atoms with Crippen LogP contribution in [0.2, 0.25) is 0 Å². The maximum atomic E-state index is 13.6. The highest BCUT2D eigenvalue weighted by Crippen LogP contribution is 2.19. The van der Waals surface area contributed by atoms with E-state index in [4.69, 9.17) is 33.8 Å². The van der Waals surface area contributed by atoms with Gasteiger partial charge >= 0.3 is 11.9 Å². The molecule has 6 amide bonds. The maximum absolute atomic E-state index is 13.6. The number of carbonyl (C=O) groups excluding carboxylic acids is 6. The third kappa shape index (κ3) is 16.7. The van der Waals surface area contributed by atoms with E-state index in [2.05, 4.69) is 36.6 Å². The van der Waals surface area contributed by atoms with Crippen LogP contribution in [0.5, 0.6) is 0 Å². The zero-order chi connectivity index (χ0) is 41.1. The number of carboxylic acids is 2. The van der Waals surface area contributed by atoms with Gasteiger partial charge in [0.15, 0.2) is 11.9 Å². The van der Waals surface area contributed by atoms with Crippen molar-refractivity contribution in [1.29, 1.82) is 0 Å². The van der Waals surface area contributed by atoms with Gasteiger partial charge in [0.05, 0.1) is 19.0 Å². The summed E-state index contributed by atoms with van der Waals surface area (Å²) < 4.78 is 0. The van der Waals surface area contributed by atoms with E-state index in [1.54, 1.807) is 13.8 Å². The highest BCUT2D eigenvalue weighted by atomic mass is 16.4. The second-order valence-electron chi connectivity index (χ2n) is 13.0. The van der Waals surface area contributed by atoms with Gasteiger partial charge in [-0.05, 0) is 51.4 Å². The van der Waals surface area contributed by atoms with E-state index in [9.17, 15) is 43.5 Å². The molecule has 54 heavy (non-hydrogen) atoms. The number of nitrogens with zero attached hydrogens (tertiary/aromatic N) is 3. The summed E-state index contributed by atoms with van der Waals surface area (Å²) in [6.07, 6.45) is 0.480. The molecule has 0 saturated carbocycles. The molecule has 23 heteroatoms. The third-order valence-corrected chi connectivity index (χ3v) is 8.13. The highest BCUT2D eigenvalue weighted by Gasteiger charge is 2.37. The number of nitrogens with one attached hydrogen (secondary N) is 5. The summed E-state index contributed by atoms with van der Waals surface area (Å²) in [4.78, 5) is 110. The Balaban J connectivity index is 3.01. The van der Waals surface area contributed by atoms with Gasteiger partial charge in [-0.25, -0.2) is 4.79 Å². The van der Waals surface area contributed by atoms with Gasteiger partial charge in [-0.3, -0.25) is 43.5 Å². The fraction of sp³-hybridized carbons (Fsp3) is 0.677. The summed E-state index contributed by atoms with van der Waals surface area (Å²) in [6, 6.07) is -7.35. The molecule has 23 nitrogen and oxygen atoms in total. The van der Waals surface area contributed by atoms with Crippen molar-refractivity contribution in [3.8, 4) is 0 Å². The number of aliphatic imine (C=N–C) groups is 2. The van der Waals surface area contributed by atoms with E-state index in [0.717, 1.165) is 0 Å². The van der Waals surface area contributed by atoms with Gasteiger partial charge in [0.2, 0.25) is 35.4 Å². The lowest BCUT2D eigenvalue weighted by Gasteiger charge is -2.26. The van der Waals surface area contributed by atoms with E-state index in [-0.39, 0.29) is 63.7 Å². The lowest BCUT2D eigenvalue weighted by Crippen LogP contribution is -2.58. The number of amides is 6. The quantitative estimate of drug-likeness (QED) is 0.0262. The normalized spacial score (nSPS) is 16.4. The molecule has 1 heterocycles. The molecule has 6 atom stereocenters. The first-order chi connectivity index (χ1) is 25.2. The number of carboxylic acid groups (broad SMARTS) is 2. The van der Waals surface area contributed by atoms with E-state index in [0.29, 0.717) is 6.42 Å². The maximum Gasteiger partial charge on any atom is 0.326 e. The number of aliphatic carboxylic acids is 2.